The predicted octanol–water partition coefficient (Wildman–Crippen LogP) is 3.78. The molecule has 1 fully saturated rings. The Hall–Kier alpha value is -3.16. The molecule has 2 aromatic carbocycles. The first-order valence-electron chi connectivity index (χ1n) is 11.5. The molecule has 2 heterocycles. The minimum Gasteiger partial charge on any atom is -0.497 e. The van der Waals surface area contributed by atoms with Crippen LogP contribution in [0.2, 0.25) is 0 Å². The van der Waals surface area contributed by atoms with Crippen LogP contribution < -0.4 is 10.1 Å². The van der Waals surface area contributed by atoms with E-state index in [4.69, 9.17) is 14.6 Å². The van der Waals surface area contributed by atoms with Crippen LogP contribution >= 0.6 is 0 Å². The fourth-order valence-electron chi connectivity index (χ4n) is 4.28. The van der Waals surface area contributed by atoms with Gasteiger partial charge < -0.3 is 14.8 Å². The van der Waals surface area contributed by atoms with E-state index in [0.29, 0.717) is 17.8 Å². The lowest BCUT2D eigenvalue weighted by atomic mass is 10.1. The highest BCUT2D eigenvalue weighted by Gasteiger charge is 2.22. The SMILES string of the molecule is COc1ccc(-c2nn(-c3ccccc3)cc2C(=O)NCCCN2CC(C)OC(C)C2)cc1. The molecule has 4 rings (SSSR count). The molecule has 0 radical (unpaired) electrons. The number of amides is 1. The van der Waals surface area contributed by atoms with Gasteiger partial charge in [0, 0.05) is 37.9 Å². The lowest BCUT2D eigenvalue weighted by Gasteiger charge is -2.35. The minimum absolute atomic E-state index is 0.119. The molecule has 1 amide bonds. The molecular formula is C26H32N4O3. The molecule has 7 heteroatoms. The van der Waals surface area contributed by atoms with Gasteiger partial charge in [-0.2, -0.15) is 5.10 Å². The van der Waals surface area contributed by atoms with Crippen LogP contribution in [0.25, 0.3) is 16.9 Å². The van der Waals surface area contributed by atoms with Crippen molar-refractivity contribution in [2.24, 2.45) is 0 Å². The number of carbonyl (C=O) groups is 1. The third-order valence-electron chi connectivity index (χ3n) is 5.77. The van der Waals surface area contributed by atoms with Crippen LogP contribution in [0, 0.1) is 0 Å². The maximum atomic E-state index is 13.1. The number of para-hydroxylation sites is 1. The number of benzene rings is 2. The van der Waals surface area contributed by atoms with E-state index in [1.807, 2.05) is 54.6 Å². The Morgan fingerprint density at radius 3 is 2.45 bits per heavy atom. The van der Waals surface area contributed by atoms with Gasteiger partial charge in [0.15, 0.2) is 0 Å². The van der Waals surface area contributed by atoms with Crippen molar-refractivity contribution in [2.75, 3.05) is 33.3 Å². The first-order chi connectivity index (χ1) is 16.0. The first kappa shape index (κ1) is 23.0. The number of ether oxygens (including phenoxy) is 2. The number of carbonyl (C=O) groups excluding carboxylic acids is 1. The zero-order valence-electron chi connectivity index (χ0n) is 19.5. The van der Waals surface area contributed by atoms with Gasteiger partial charge in [-0.05, 0) is 56.7 Å². The fraction of sp³-hybridized carbons (Fsp3) is 0.385. The van der Waals surface area contributed by atoms with Crippen LogP contribution in [0.3, 0.4) is 0 Å². The molecule has 174 valence electrons. The predicted molar refractivity (Wildman–Crippen MR) is 129 cm³/mol. The largest absolute Gasteiger partial charge is 0.497 e. The van der Waals surface area contributed by atoms with Crippen molar-refractivity contribution in [3.8, 4) is 22.7 Å². The summed E-state index contributed by atoms with van der Waals surface area (Å²) < 4.78 is 12.8. The molecule has 0 bridgehead atoms. The van der Waals surface area contributed by atoms with Crippen molar-refractivity contribution in [3.63, 3.8) is 0 Å². The van der Waals surface area contributed by atoms with Gasteiger partial charge in [0.25, 0.3) is 5.91 Å². The van der Waals surface area contributed by atoms with Gasteiger partial charge in [-0.15, -0.1) is 0 Å². The van der Waals surface area contributed by atoms with Crippen LogP contribution in [0.4, 0.5) is 0 Å². The lowest BCUT2D eigenvalue weighted by Crippen LogP contribution is -2.46. The Bertz CT molecular complexity index is 1040. The van der Waals surface area contributed by atoms with Crippen LogP contribution in [-0.4, -0.2) is 66.1 Å². The molecular weight excluding hydrogens is 416 g/mol. The molecule has 2 atom stereocenters. The molecule has 0 aliphatic carbocycles. The van der Waals surface area contributed by atoms with Crippen molar-refractivity contribution in [1.29, 1.82) is 0 Å². The Morgan fingerprint density at radius 2 is 1.79 bits per heavy atom. The van der Waals surface area contributed by atoms with Gasteiger partial charge in [-0.1, -0.05) is 18.2 Å². The summed E-state index contributed by atoms with van der Waals surface area (Å²) in [5.74, 6) is 0.644. The summed E-state index contributed by atoms with van der Waals surface area (Å²) in [6.45, 7) is 7.63. The number of nitrogens with one attached hydrogen (secondary N) is 1. The van der Waals surface area contributed by atoms with E-state index in [1.165, 1.54) is 0 Å². The second-order valence-corrected chi connectivity index (χ2v) is 8.53. The number of morpholine rings is 1. The Kier molecular flexibility index (Phi) is 7.42. The summed E-state index contributed by atoms with van der Waals surface area (Å²) in [6.07, 6.45) is 3.18. The van der Waals surface area contributed by atoms with E-state index in [-0.39, 0.29) is 18.1 Å². The fourth-order valence-corrected chi connectivity index (χ4v) is 4.28. The maximum absolute atomic E-state index is 13.1. The van der Waals surface area contributed by atoms with Gasteiger partial charge in [0.1, 0.15) is 11.4 Å². The summed E-state index contributed by atoms with van der Waals surface area (Å²) in [4.78, 5) is 15.5. The molecule has 3 aromatic rings. The molecule has 1 aliphatic rings. The topological polar surface area (TPSA) is 68.6 Å². The van der Waals surface area contributed by atoms with Crippen molar-refractivity contribution in [3.05, 3.63) is 66.4 Å². The quantitative estimate of drug-likeness (QED) is 0.531. The van der Waals surface area contributed by atoms with Crippen molar-refractivity contribution >= 4 is 5.91 Å². The summed E-state index contributed by atoms with van der Waals surface area (Å²) >= 11 is 0. The molecule has 1 N–H and O–H groups in total. The van der Waals surface area contributed by atoms with E-state index in [9.17, 15) is 4.79 Å². The van der Waals surface area contributed by atoms with E-state index in [0.717, 1.165) is 43.1 Å². The van der Waals surface area contributed by atoms with E-state index >= 15 is 0 Å². The molecule has 33 heavy (non-hydrogen) atoms. The molecule has 1 saturated heterocycles. The number of methoxy groups -OCH3 is 1. The molecule has 7 nitrogen and oxygen atoms in total. The number of aromatic nitrogens is 2. The summed E-state index contributed by atoms with van der Waals surface area (Å²) in [5.41, 5.74) is 2.97. The van der Waals surface area contributed by atoms with Gasteiger partial charge in [0.05, 0.1) is 30.6 Å². The normalized spacial score (nSPS) is 18.8. The van der Waals surface area contributed by atoms with Gasteiger partial charge >= 0.3 is 0 Å². The number of hydrogen-bond donors (Lipinski definition) is 1. The number of hydrogen-bond acceptors (Lipinski definition) is 5. The average Bonchev–Trinajstić information content (AvgIpc) is 3.27. The number of rotatable bonds is 8. The molecule has 1 aromatic heterocycles. The third-order valence-corrected chi connectivity index (χ3v) is 5.77. The summed E-state index contributed by atoms with van der Waals surface area (Å²) in [5, 5.41) is 7.82. The average molecular weight is 449 g/mol. The molecule has 1 aliphatic heterocycles. The summed E-state index contributed by atoms with van der Waals surface area (Å²) in [6, 6.07) is 17.4. The Balaban J connectivity index is 1.46. The maximum Gasteiger partial charge on any atom is 0.255 e. The Labute approximate surface area is 195 Å². The van der Waals surface area contributed by atoms with Crippen LogP contribution in [-0.2, 0) is 4.74 Å². The highest BCUT2D eigenvalue weighted by Crippen LogP contribution is 2.26. The zero-order valence-corrected chi connectivity index (χ0v) is 19.5. The standard InChI is InChI=1S/C26H32N4O3/c1-19-16-29(17-20(2)33-19)15-7-14-27-26(31)24-18-30(22-8-5-4-6-9-22)28-25(24)21-10-12-23(32-3)13-11-21/h4-6,8-13,18-20H,7,14-17H2,1-3H3,(H,27,31). The van der Waals surface area contributed by atoms with Gasteiger partial charge in [-0.25, -0.2) is 4.68 Å². The Morgan fingerprint density at radius 1 is 1.09 bits per heavy atom. The third kappa shape index (κ3) is 5.80. The molecule has 0 saturated carbocycles. The lowest BCUT2D eigenvalue weighted by molar-refractivity contribution is -0.0679. The number of nitrogens with zero attached hydrogens (tertiary/aromatic N) is 3. The zero-order chi connectivity index (χ0) is 23.2. The van der Waals surface area contributed by atoms with E-state index < -0.39 is 0 Å². The smallest absolute Gasteiger partial charge is 0.255 e. The molecule has 2 unspecified atom stereocenters. The second-order valence-electron chi connectivity index (χ2n) is 8.53. The van der Waals surface area contributed by atoms with E-state index in [1.54, 1.807) is 18.0 Å². The van der Waals surface area contributed by atoms with Gasteiger partial charge in [-0.3, -0.25) is 9.69 Å². The van der Waals surface area contributed by atoms with Gasteiger partial charge in [0.2, 0.25) is 0 Å². The van der Waals surface area contributed by atoms with E-state index in [2.05, 4.69) is 24.1 Å². The minimum atomic E-state index is -0.119. The summed E-state index contributed by atoms with van der Waals surface area (Å²) in [7, 11) is 1.64. The second kappa shape index (κ2) is 10.6. The van der Waals surface area contributed by atoms with Crippen LogP contribution in [0.1, 0.15) is 30.6 Å². The van der Waals surface area contributed by atoms with Crippen molar-refractivity contribution in [2.45, 2.75) is 32.5 Å². The van der Waals surface area contributed by atoms with Crippen molar-refractivity contribution < 1.29 is 14.3 Å². The molecule has 0 spiro atoms. The highest BCUT2D eigenvalue weighted by atomic mass is 16.5. The monoisotopic (exact) mass is 448 g/mol. The van der Waals surface area contributed by atoms with Crippen LogP contribution in [0.5, 0.6) is 5.75 Å². The van der Waals surface area contributed by atoms with Crippen molar-refractivity contribution in [1.82, 2.24) is 20.0 Å². The van der Waals surface area contributed by atoms with Crippen LogP contribution in [0.15, 0.2) is 60.8 Å². The first-order valence-corrected chi connectivity index (χ1v) is 11.5. The highest BCUT2D eigenvalue weighted by molar-refractivity contribution is 5.99.